The van der Waals surface area contributed by atoms with Crippen LogP contribution in [0, 0.1) is 5.82 Å². The van der Waals surface area contributed by atoms with Gasteiger partial charge < -0.3 is 10.2 Å². The van der Waals surface area contributed by atoms with Gasteiger partial charge >= 0.3 is 0 Å². The van der Waals surface area contributed by atoms with E-state index in [4.69, 9.17) is 11.6 Å². The highest BCUT2D eigenvalue weighted by molar-refractivity contribution is 6.33. The lowest BCUT2D eigenvalue weighted by molar-refractivity contribution is 0.607. The van der Waals surface area contributed by atoms with Gasteiger partial charge in [-0.1, -0.05) is 29.8 Å². The SMILES string of the molecule is CNCc1cnc(N(C)Cc2ccccc2F)c(Cl)c1. The first-order valence-corrected chi connectivity index (χ1v) is 6.73. The molecule has 0 aliphatic carbocycles. The number of rotatable bonds is 5. The zero-order valence-corrected chi connectivity index (χ0v) is 12.3. The van der Waals surface area contributed by atoms with Crippen molar-refractivity contribution < 1.29 is 4.39 Å². The smallest absolute Gasteiger partial charge is 0.147 e. The Hall–Kier alpha value is -1.65. The third-order valence-corrected chi connectivity index (χ3v) is 3.26. The molecule has 20 heavy (non-hydrogen) atoms. The normalized spacial score (nSPS) is 10.6. The zero-order chi connectivity index (χ0) is 14.5. The minimum Gasteiger partial charge on any atom is -0.354 e. The van der Waals surface area contributed by atoms with Gasteiger partial charge in [0.15, 0.2) is 0 Å². The zero-order valence-electron chi connectivity index (χ0n) is 11.5. The van der Waals surface area contributed by atoms with Crippen LogP contribution in [0.25, 0.3) is 0 Å². The summed E-state index contributed by atoms with van der Waals surface area (Å²) in [7, 11) is 3.71. The van der Waals surface area contributed by atoms with Crippen LogP contribution in [0.15, 0.2) is 36.5 Å². The van der Waals surface area contributed by atoms with Gasteiger partial charge in [-0.05, 0) is 24.7 Å². The molecule has 2 aromatic rings. The first kappa shape index (κ1) is 14.8. The van der Waals surface area contributed by atoms with Crippen molar-refractivity contribution in [2.75, 3.05) is 19.0 Å². The minimum absolute atomic E-state index is 0.220. The van der Waals surface area contributed by atoms with Crippen LogP contribution in [0.4, 0.5) is 10.2 Å². The lowest BCUT2D eigenvalue weighted by Crippen LogP contribution is -2.19. The molecule has 2 rings (SSSR count). The highest BCUT2D eigenvalue weighted by atomic mass is 35.5. The van der Waals surface area contributed by atoms with Crippen molar-refractivity contribution >= 4 is 17.4 Å². The monoisotopic (exact) mass is 293 g/mol. The maximum absolute atomic E-state index is 13.6. The molecular formula is C15H17ClFN3. The van der Waals surface area contributed by atoms with Crippen LogP contribution in [0.1, 0.15) is 11.1 Å². The summed E-state index contributed by atoms with van der Waals surface area (Å²) in [5, 5.41) is 3.61. The summed E-state index contributed by atoms with van der Waals surface area (Å²) in [5.74, 6) is 0.428. The Kier molecular flexibility index (Phi) is 4.93. The summed E-state index contributed by atoms with van der Waals surface area (Å²) < 4.78 is 13.6. The summed E-state index contributed by atoms with van der Waals surface area (Å²) in [6.45, 7) is 1.13. The average molecular weight is 294 g/mol. The van der Waals surface area contributed by atoms with E-state index in [9.17, 15) is 4.39 Å². The van der Waals surface area contributed by atoms with Crippen molar-refractivity contribution in [1.29, 1.82) is 0 Å². The summed E-state index contributed by atoms with van der Waals surface area (Å²) in [5.41, 5.74) is 1.63. The molecule has 0 amide bonds. The van der Waals surface area contributed by atoms with Gasteiger partial charge in [0.2, 0.25) is 0 Å². The molecule has 3 nitrogen and oxygen atoms in total. The molecule has 1 heterocycles. The molecule has 1 aromatic heterocycles. The van der Waals surface area contributed by atoms with Crippen LogP contribution in [-0.2, 0) is 13.1 Å². The molecule has 0 unspecified atom stereocenters. The number of hydrogen-bond donors (Lipinski definition) is 1. The number of aromatic nitrogens is 1. The molecule has 0 aliphatic rings. The topological polar surface area (TPSA) is 28.2 Å². The van der Waals surface area contributed by atoms with E-state index < -0.39 is 0 Å². The first-order chi connectivity index (χ1) is 9.61. The van der Waals surface area contributed by atoms with Crippen molar-refractivity contribution in [2.45, 2.75) is 13.1 Å². The number of nitrogens with zero attached hydrogens (tertiary/aromatic N) is 2. The fourth-order valence-electron chi connectivity index (χ4n) is 2.01. The molecule has 0 saturated carbocycles. The Labute approximate surface area is 123 Å². The van der Waals surface area contributed by atoms with Gasteiger partial charge in [0, 0.05) is 31.9 Å². The fraction of sp³-hybridized carbons (Fsp3) is 0.267. The molecule has 1 aromatic carbocycles. The Balaban J connectivity index is 2.17. The Morgan fingerprint density at radius 1 is 1.35 bits per heavy atom. The predicted molar refractivity (Wildman–Crippen MR) is 80.5 cm³/mol. The van der Waals surface area contributed by atoms with Gasteiger partial charge in [-0.25, -0.2) is 9.37 Å². The van der Waals surface area contributed by atoms with Crippen LogP contribution < -0.4 is 10.2 Å². The molecule has 1 N–H and O–H groups in total. The standard InChI is InChI=1S/C15H17ClFN3/c1-18-8-11-7-13(16)15(19-9-11)20(2)10-12-5-3-4-6-14(12)17/h3-7,9,18H,8,10H2,1-2H3. The lowest BCUT2D eigenvalue weighted by Gasteiger charge is -2.20. The first-order valence-electron chi connectivity index (χ1n) is 6.35. The van der Waals surface area contributed by atoms with Gasteiger partial charge in [-0.15, -0.1) is 0 Å². The van der Waals surface area contributed by atoms with Crippen LogP contribution in [0.2, 0.25) is 5.02 Å². The third kappa shape index (κ3) is 3.46. The summed E-state index contributed by atoms with van der Waals surface area (Å²) in [6, 6.07) is 8.58. The van der Waals surface area contributed by atoms with Gasteiger partial charge in [-0.3, -0.25) is 0 Å². The number of anilines is 1. The van der Waals surface area contributed by atoms with Crippen LogP contribution in [0.5, 0.6) is 0 Å². The second kappa shape index (κ2) is 6.68. The fourth-order valence-corrected chi connectivity index (χ4v) is 2.34. The van der Waals surface area contributed by atoms with Crippen LogP contribution >= 0.6 is 11.6 Å². The second-order valence-electron chi connectivity index (χ2n) is 4.63. The van der Waals surface area contributed by atoms with Gasteiger partial charge in [0.05, 0.1) is 5.02 Å². The summed E-state index contributed by atoms with van der Waals surface area (Å²) >= 11 is 6.24. The molecule has 0 saturated heterocycles. The van der Waals surface area contributed by atoms with Gasteiger partial charge in [0.25, 0.3) is 0 Å². The van der Waals surface area contributed by atoms with Crippen LogP contribution in [0.3, 0.4) is 0 Å². The predicted octanol–water partition coefficient (Wildman–Crippen LogP) is 3.23. The molecule has 0 radical (unpaired) electrons. The molecule has 0 aliphatic heterocycles. The Bertz CT molecular complexity index is 589. The number of nitrogens with one attached hydrogen (secondary N) is 1. The van der Waals surface area contributed by atoms with E-state index in [-0.39, 0.29) is 5.82 Å². The van der Waals surface area contributed by atoms with E-state index in [1.54, 1.807) is 18.3 Å². The number of hydrogen-bond acceptors (Lipinski definition) is 3. The highest BCUT2D eigenvalue weighted by Gasteiger charge is 2.11. The molecule has 0 atom stereocenters. The van der Waals surface area contributed by atoms with E-state index in [0.717, 1.165) is 5.56 Å². The highest BCUT2D eigenvalue weighted by Crippen LogP contribution is 2.24. The molecule has 0 spiro atoms. The lowest BCUT2D eigenvalue weighted by atomic mass is 10.2. The number of halogens is 2. The largest absolute Gasteiger partial charge is 0.354 e. The second-order valence-corrected chi connectivity index (χ2v) is 5.03. The molecule has 5 heteroatoms. The van der Waals surface area contributed by atoms with E-state index in [0.29, 0.717) is 29.5 Å². The van der Waals surface area contributed by atoms with Gasteiger partial charge in [0.1, 0.15) is 11.6 Å². The third-order valence-electron chi connectivity index (χ3n) is 2.99. The molecular weight excluding hydrogens is 277 g/mol. The van der Waals surface area contributed by atoms with Crippen molar-refractivity contribution in [3.05, 3.63) is 58.5 Å². The Morgan fingerprint density at radius 2 is 2.10 bits per heavy atom. The molecule has 0 fully saturated rings. The van der Waals surface area contributed by atoms with Gasteiger partial charge in [-0.2, -0.15) is 0 Å². The number of benzene rings is 1. The quantitative estimate of drug-likeness (QED) is 0.917. The van der Waals surface area contributed by atoms with Crippen LogP contribution in [-0.4, -0.2) is 19.1 Å². The maximum atomic E-state index is 13.6. The molecule has 106 valence electrons. The Morgan fingerprint density at radius 3 is 2.75 bits per heavy atom. The maximum Gasteiger partial charge on any atom is 0.147 e. The minimum atomic E-state index is -0.220. The number of pyridine rings is 1. The van der Waals surface area contributed by atoms with E-state index >= 15 is 0 Å². The van der Waals surface area contributed by atoms with E-state index in [2.05, 4.69) is 10.3 Å². The summed E-state index contributed by atoms with van der Waals surface area (Å²) in [6.07, 6.45) is 1.77. The molecule has 0 bridgehead atoms. The van der Waals surface area contributed by atoms with E-state index in [1.165, 1.54) is 6.07 Å². The summed E-state index contributed by atoms with van der Waals surface area (Å²) in [4.78, 5) is 6.19. The van der Waals surface area contributed by atoms with E-state index in [1.807, 2.05) is 31.1 Å². The average Bonchev–Trinajstić information content (AvgIpc) is 2.42. The van der Waals surface area contributed by atoms with Crippen molar-refractivity contribution in [3.63, 3.8) is 0 Å². The van der Waals surface area contributed by atoms with Crippen molar-refractivity contribution in [3.8, 4) is 0 Å². The van der Waals surface area contributed by atoms with Crippen molar-refractivity contribution in [2.24, 2.45) is 0 Å². The van der Waals surface area contributed by atoms with Crippen molar-refractivity contribution in [1.82, 2.24) is 10.3 Å².